The van der Waals surface area contributed by atoms with E-state index in [1.807, 2.05) is 26.8 Å². The van der Waals surface area contributed by atoms with Gasteiger partial charge in [-0.3, -0.25) is 4.79 Å². The van der Waals surface area contributed by atoms with Crippen molar-refractivity contribution < 1.29 is 13.9 Å². The summed E-state index contributed by atoms with van der Waals surface area (Å²) in [6.07, 6.45) is 7.04. The lowest BCUT2D eigenvalue weighted by molar-refractivity contribution is -0.129. The van der Waals surface area contributed by atoms with Crippen LogP contribution in [0.2, 0.25) is 0 Å². The maximum atomic E-state index is 13.4. The molecule has 0 aliphatic carbocycles. The molecule has 0 spiro atoms. The van der Waals surface area contributed by atoms with Crippen LogP contribution in [-0.4, -0.2) is 27.2 Å². The lowest BCUT2D eigenvalue weighted by atomic mass is 9.85. The molecule has 0 bridgehead atoms. The van der Waals surface area contributed by atoms with Crippen molar-refractivity contribution in [3.05, 3.63) is 54.9 Å². The van der Waals surface area contributed by atoms with E-state index in [0.29, 0.717) is 6.42 Å². The molecule has 1 aromatic heterocycles. The lowest BCUT2D eigenvalue weighted by Gasteiger charge is -2.23. The third-order valence-corrected chi connectivity index (χ3v) is 3.50. The number of carbonyl (C=O) groups is 1. The van der Waals surface area contributed by atoms with Gasteiger partial charge in [0.05, 0.1) is 0 Å². The quantitative estimate of drug-likeness (QED) is 0.728. The first-order chi connectivity index (χ1) is 11.4. The van der Waals surface area contributed by atoms with Crippen molar-refractivity contribution >= 4 is 5.78 Å². The fourth-order valence-corrected chi connectivity index (χ4v) is 2.21. The molecule has 0 radical (unpaired) electrons. The van der Waals surface area contributed by atoms with Crippen molar-refractivity contribution in [2.45, 2.75) is 33.2 Å². The van der Waals surface area contributed by atoms with Gasteiger partial charge < -0.3 is 4.74 Å². The number of halogens is 1. The highest BCUT2D eigenvalue weighted by atomic mass is 19.1. The second-order valence-electron chi connectivity index (χ2n) is 6.45. The predicted molar refractivity (Wildman–Crippen MR) is 89.2 cm³/mol. The molecule has 2 rings (SSSR count). The van der Waals surface area contributed by atoms with Crippen molar-refractivity contribution in [3.8, 4) is 5.75 Å². The van der Waals surface area contributed by atoms with Gasteiger partial charge in [0, 0.05) is 5.41 Å². The van der Waals surface area contributed by atoms with E-state index >= 15 is 0 Å². The van der Waals surface area contributed by atoms with Gasteiger partial charge in [0.1, 0.15) is 25.3 Å². The Morgan fingerprint density at radius 3 is 2.71 bits per heavy atom. The van der Waals surface area contributed by atoms with E-state index in [1.54, 1.807) is 29.0 Å². The van der Waals surface area contributed by atoms with Crippen LogP contribution in [0.5, 0.6) is 5.75 Å². The monoisotopic (exact) mass is 331 g/mol. The van der Waals surface area contributed by atoms with Crippen LogP contribution >= 0.6 is 0 Å². The summed E-state index contributed by atoms with van der Waals surface area (Å²) in [6.45, 7) is 5.87. The molecular formula is C18H22FN3O2. The largest absolute Gasteiger partial charge is 0.486 e. The fraction of sp³-hybridized carbons (Fsp3) is 0.389. The number of ether oxygens (including phenoxy) is 1. The first kappa shape index (κ1) is 17.8. The number of ketones is 1. The first-order valence-corrected chi connectivity index (χ1v) is 7.80. The smallest absolute Gasteiger partial charge is 0.165 e. The van der Waals surface area contributed by atoms with E-state index in [4.69, 9.17) is 4.74 Å². The van der Waals surface area contributed by atoms with Crippen molar-refractivity contribution in [2.75, 3.05) is 6.61 Å². The Hall–Kier alpha value is -2.50. The number of benzene rings is 1. The third-order valence-electron chi connectivity index (χ3n) is 3.50. The Balaban J connectivity index is 1.95. The third kappa shape index (κ3) is 4.75. The minimum atomic E-state index is -0.478. The van der Waals surface area contributed by atoms with Gasteiger partial charge in [0.15, 0.2) is 17.3 Å². The normalized spacial score (nSPS) is 13.2. The molecule has 1 unspecified atom stereocenters. The van der Waals surface area contributed by atoms with E-state index in [-0.39, 0.29) is 18.1 Å². The molecule has 2 aromatic rings. The van der Waals surface area contributed by atoms with Crippen molar-refractivity contribution in [3.63, 3.8) is 0 Å². The lowest BCUT2D eigenvalue weighted by Crippen LogP contribution is -2.30. The van der Waals surface area contributed by atoms with E-state index in [1.165, 1.54) is 18.7 Å². The Morgan fingerprint density at radius 2 is 2.08 bits per heavy atom. The zero-order valence-corrected chi connectivity index (χ0v) is 14.1. The number of hydrogen-bond donors (Lipinski definition) is 0. The molecule has 0 saturated heterocycles. The number of allylic oxidation sites excluding steroid dienone is 1. The van der Waals surface area contributed by atoms with Crippen LogP contribution in [-0.2, 0) is 4.79 Å². The summed E-state index contributed by atoms with van der Waals surface area (Å²) in [4.78, 5) is 16.5. The maximum Gasteiger partial charge on any atom is 0.165 e. The van der Waals surface area contributed by atoms with Crippen LogP contribution < -0.4 is 4.74 Å². The van der Waals surface area contributed by atoms with E-state index in [2.05, 4.69) is 10.1 Å². The molecule has 5 nitrogen and oxygen atoms in total. The first-order valence-electron chi connectivity index (χ1n) is 7.80. The van der Waals surface area contributed by atoms with E-state index in [9.17, 15) is 9.18 Å². The predicted octanol–water partition coefficient (Wildman–Crippen LogP) is 3.60. The average molecular weight is 331 g/mol. The van der Waals surface area contributed by atoms with Gasteiger partial charge in [-0.15, -0.1) is 0 Å². The summed E-state index contributed by atoms with van der Waals surface area (Å²) in [6, 6.07) is 5.83. The molecule has 1 aromatic carbocycles. The van der Waals surface area contributed by atoms with Crippen molar-refractivity contribution in [1.82, 2.24) is 14.8 Å². The van der Waals surface area contributed by atoms with Gasteiger partial charge in [0.25, 0.3) is 0 Å². The van der Waals surface area contributed by atoms with E-state index in [0.717, 1.165) is 0 Å². The zero-order valence-electron chi connectivity index (χ0n) is 14.1. The molecule has 0 aliphatic rings. The minimum Gasteiger partial charge on any atom is -0.486 e. The number of rotatable bonds is 7. The molecule has 0 amide bonds. The summed E-state index contributed by atoms with van der Waals surface area (Å²) < 4.78 is 20.4. The van der Waals surface area contributed by atoms with Crippen LogP contribution in [0.1, 0.15) is 33.2 Å². The number of nitrogens with zero attached hydrogens (tertiary/aromatic N) is 3. The van der Waals surface area contributed by atoms with Crippen LogP contribution in [0, 0.1) is 11.2 Å². The Labute approximate surface area is 141 Å². The van der Waals surface area contributed by atoms with Gasteiger partial charge in [-0.25, -0.2) is 14.1 Å². The van der Waals surface area contributed by atoms with Gasteiger partial charge >= 0.3 is 0 Å². The van der Waals surface area contributed by atoms with Gasteiger partial charge in [-0.1, -0.05) is 45.1 Å². The summed E-state index contributed by atoms with van der Waals surface area (Å²) in [5.41, 5.74) is -0.478. The molecule has 1 heterocycles. The highest BCUT2D eigenvalue weighted by Crippen LogP contribution is 2.25. The van der Waals surface area contributed by atoms with Crippen molar-refractivity contribution in [1.29, 1.82) is 0 Å². The molecular weight excluding hydrogens is 309 g/mol. The zero-order chi connectivity index (χ0) is 17.6. The van der Waals surface area contributed by atoms with Crippen LogP contribution in [0.3, 0.4) is 0 Å². The molecule has 128 valence electrons. The number of aromatic nitrogens is 3. The standard InChI is InChI=1S/C18H22FN3O2/c1-18(2,3)17(23)15(22-13-20-12-21-22)9-6-7-11-24-16-10-5-4-8-14(16)19/h4-8,10,12-13,15H,9,11H2,1-3H3. The molecule has 1 atom stereocenters. The topological polar surface area (TPSA) is 57.0 Å². The number of Topliss-reactive ketones (excluding diaryl/α,β-unsaturated/α-hetero) is 1. The summed E-state index contributed by atoms with van der Waals surface area (Å²) in [7, 11) is 0. The fourth-order valence-electron chi connectivity index (χ4n) is 2.21. The molecule has 0 saturated carbocycles. The average Bonchev–Trinajstić information content (AvgIpc) is 3.05. The van der Waals surface area contributed by atoms with Gasteiger partial charge in [-0.05, 0) is 18.6 Å². The second-order valence-corrected chi connectivity index (χ2v) is 6.45. The summed E-state index contributed by atoms with van der Waals surface area (Å²) in [5, 5.41) is 4.08. The van der Waals surface area contributed by atoms with Gasteiger partial charge in [-0.2, -0.15) is 5.10 Å². The number of carbonyl (C=O) groups excluding carboxylic acids is 1. The SMILES string of the molecule is CC(C)(C)C(=O)C(CC=CCOc1ccccc1F)n1cncn1. The molecule has 24 heavy (non-hydrogen) atoms. The Kier molecular flexibility index (Phi) is 5.84. The Morgan fingerprint density at radius 1 is 1.33 bits per heavy atom. The van der Waals surface area contributed by atoms with Crippen LogP contribution in [0.4, 0.5) is 4.39 Å². The molecule has 6 heteroatoms. The molecule has 0 aliphatic heterocycles. The summed E-state index contributed by atoms with van der Waals surface area (Å²) in [5.74, 6) is -0.109. The van der Waals surface area contributed by atoms with Crippen LogP contribution in [0.15, 0.2) is 49.1 Å². The van der Waals surface area contributed by atoms with Crippen LogP contribution in [0.25, 0.3) is 0 Å². The number of hydrogen-bond acceptors (Lipinski definition) is 4. The molecule has 0 fully saturated rings. The second kappa shape index (κ2) is 7.86. The summed E-state index contributed by atoms with van der Waals surface area (Å²) >= 11 is 0. The highest BCUT2D eigenvalue weighted by Gasteiger charge is 2.30. The van der Waals surface area contributed by atoms with Crippen molar-refractivity contribution in [2.24, 2.45) is 5.41 Å². The minimum absolute atomic E-state index is 0.0765. The van der Waals surface area contributed by atoms with E-state index < -0.39 is 17.3 Å². The number of para-hydroxylation sites is 1. The van der Waals surface area contributed by atoms with Gasteiger partial charge in [0.2, 0.25) is 0 Å². The Bertz CT molecular complexity index is 691. The highest BCUT2D eigenvalue weighted by molar-refractivity contribution is 5.87. The molecule has 0 N–H and O–H groups in total. The maximum absolute atomic E-state index is 13.4.